The van der Waals surface area contributed by atoms with Gasteiger partial charge in [-0.2, -0.15) is 0 Å². The van der Waals surface area contributed by atoms with Gasteiger partial charge in [0.1, 0.15) is 23.8 Å². The fraction of sp³-hybridized carbons (Fsp3) is 0.405. The zero-order valence-corrected chi connectivity index (χ0v) is 28.5. The maximum atomic E-state index is 13.7. The Morgan fingerprint density at radius 2 is 1.53 bits per heavy atom. The molecule has 49 heavy (non-hydrogen) atoms. The normalized spacial score (nSPS) is 20.1. The third-order valence-electron chi connectivity index (χ3n) is 8.24. The van der Waals surface area contributed by atoms with Gasteiger partial charge in [-0.25, -0.2) is 0 Å². The van der Waals surface area contributed by atoms with E-state index in [1.54, 1.807) is 43.0 Å². The predicted molar refractivity (Wildman–Crippen MR) is 186 cm³/mol. The summed E-state index contributed by atoms with van der Waals surface area (Å²) in [7, 11) is 0. The summed E-state index contributed by atoms with van der Waals surface area (Å²) in [6.07, 6.45) is 1.61. The summed E-state index contributed by atoms with van der Waals surface area (Å²) < 4.78 is 0. The Hall–Kier alpha value is -5.26. The minimum absolute atomic E-state index is 0.0490. The predicted octanol–water partition coefficient (Wildman–Crippen LogP) is 2.61. The lowest BCUT2D eigenvalue weighted by Gasteiger charge is -2.25. The first-order chi connectivity index (χ1) is 23.4. The molecule has 5 amide bonds. The molecule has 0 saturated heterocycles. The number of fused-ring (bicyclic) bond motifs is 18. The molecule has 0 saturated carbocycles. The first-order valence-corrected chi connectivity index (χ1v) is 16.7. The van der Waals surface area contributed by atoms with E-state index in [4.69, 9.17) is 0 Å². The van der Waals surface area contributed by atoms with Gasteiger partial charge in [0.2, 0.25) is 17.7 Å². The number of carbonyl (C=O) groups is 5. The number of H-pyrrole nitrogens is 1. The van der Waals surface area contributed by atoms with Crippen LogP contribution in [-0.2, 0) is 27.3 Å². The molecule has 0 radical (unpaired) electrons. The molecular weight excluding hydrogens is 624 g/mol. The molecule has 0 aliphatic carbocycles. The molecule has 260 valence electrons. The van der Waals surface area contributed by atoms with Gasteiger partial charge >= 0.3 is 0 Å². The van der Waals surface area contributed by atoms with Gasteiger partial charge in [0.05, 0.1) is 0 Å². The Bertz CT molecular complexity index is 1690. The molecule has 2 aliphatic heterocycles. The molecule has 2 aromatic carbocycles. The Kier molecular flexibility index (Phi) is 12.9. The third-order valence-corrected chi connectivity index (χ3v) is 8.24. The number of pyridine rings is 1. The lowest BCUT2D eigenvalue weighted by Crippen LogP contribution is -2.57. The van der Waals surface area contributed by atoms with E-state index in [0.717, 1.165) is 11.1 Å². The smallest absolute Gasteiger partial charge is 0.270 e. The largest absolute Gasteiger partial charge is 0.354 e. The summed E-state index contributed by atoms with van der Waals surface area (Å²) >= 11 is 0. The van der Waals surface area contributed by atoms with Gasteiger partial charge in [0.25, 0.3) is 11.8 Å². The van der Waals surface area contributed by atoms with Crippen LogP contribution < -0.4 is 26.7 Å². The van der Waals surface area contributed by atoms with Crippen LogP contribution in [0.4, 0.5) is 0 Å². The molecular formula is C37H46N6O6. The van der Waals surface area contributed by atoms with Crippen molar-refractivity contribution in [3.8, 4) is 0 Å². The van der Waals surface area contributed by atoms with Crippen LogP contribution in [-0.4, -0.2) is 70.6 Å². The van der Waals surface area contributed by atoms with Crippen LogP contribution in [0, 0.1) is 12.8 Å². The van der Waals surface area contributed by atoms with E-state index >= 15 is 0 Å². The highest BCUT2D eigenvalue weighted by Gasteiger charge is 2.29. The SMILES string of the molecule is Cc1cc(=O)cc(C(=O)N2CCCCNC(=O)[C@@H](C)NC(=O)[C@H](CC(C)C)NC(=O)[C@@H](Cc3ccccc3)NC(=O)c3ccc(cc3)C2)[nH]1. The molecule has 3 heterocycles. The fourth-order valence-corrected chi connectivity index (χ4v) is 5.65. The highest BCUT2D eigenvalue weighted by molar-refractivity contribution is 5.99. The Balaban J connectivity index is 1.64. The average molecular weight is 671 g/mol. The second-order valence-corrected chi connectivity index (χ2v) is 13.0. The first-order valence-electron chi connectivity index (χ1n) is 16.7. The van der Waals surface area contributed by atoms with Crippen molar-refractivity contribution in [3.05, 3.63) is 105 Å². The number of hydrogen-bond acceptors (Lipinski definition) is 6. The van der Waals surface area contributed by atoms with Crippen LogP contribution >= 0.6 is 0 Å². The maximum Gasteiger partial charge on any atom is 0.270 e. The van der Waals surface area contributed by atoms with Crippen LogP contribution in [0.25, 0.3) is 0 Å². The van der Waals surface area contributed by atoms with Crippen LogP contribution in [0.5, 0.6) is 0 Å². The van der Waals surface area contributed by atoms with Gasteiger partial charge in [-0.1, -0.05) is 56.3 Å². The summed E-state index contributed by atoms with van der Waals surface area (Å²) in [5.74, 6) is -2.19. The van der Waals surface area contributed by atoms with Crippen molar-refractivity contribution in [2.75, 3.05) is 13.1 Å². The minimum Gasteiger partial charge on any atom is -0.354 e. The first kappa shape index (κ1) is 36.6. The summed E-state index contributed by atoms with van der Waals surface area (Å²) in [5.41, 5.74) is 2.34. The van der Waals surface area contributed by atoms with Gasteiger partial charge in [-0.3, -0.25) is 28.8 Å². The molecule has 0 fully saturated rings. The number of aromatic nitrogens is 1. The quantitative estimate of drug-likeness (QED) is 0.262. The Labute approximate surface area is 286 Å². The number of aromatic amines is 1. The zero-order chi connectivity index (χ0) is 35.5. The molecule has 2 aliphatic rings. The molecule has 2 bridgehead atoms. The molecule has 1 aromatic heterocycles. The number of hydrogen-bond donors (Lipinski definition) is 5. The van der Waals surface area contributed by atoms with Gasteiger partial charge < -0.3 is 31.2 Å². The van der Waals surface area contributed by atoms with Crippen molar-refractivity contribution < 1.29 is 24.0 Å². The summed E-state index contributed by atoms with van der Waals surface area (Å²) in [6, 6.07) is 15.9. The standard InChI is InChI=1S/C37H46N6O6/c1-23(2)18-30-35(47)40-25(4)33(45)38-16-8-9-17-43(37(49)32-21-29(44)19-24(3)39-32)22-27-12-14-28(15-13-27)34(46)41-31(36(48)42-30)20-26-10-6-5-7-11-26/h5-7,10-15,19,21,23,25,30-31H,8-9,16-18,20,22H2,1-4H3,(H,38,45)(H,39,44)(H,40,47)(H,41,46)(H,42,48)/t25-,30+,31-/m1/s1. The van der Waals surface area contributed by atoms with Gasteiger partial charge in [0, 0.05) is 49.4 Å². The van der Waals surface area contributed by atoms with Crippen molar-refractivity contribution in [2.24, 2.45) is 5.92 Å². The number of nitrogens with one attached hydrogen (secondary N) is 5. The Morgan fingerprint density at radius 1 is 0.837 bits per heavy atom. The molecule has 0 unspecified atom stereocenters. The molecule has 12 nitrogen and oxygen atoms in total. The van der Waals surface area contributed by atoms with Crippen molar-refractivity contribution in [1.82, 2.24) is 31.2 Å². The number of nitrogens with zero attached hydrogens (tertiary/aromatic N) is 1. The number of rotatable bonds is 5. The van der Waals surface area contributed by atoms with E-state index < -0.39 is 35.8 Å². The summed E-state index contributed by atoms with van der Waals surface area (Å²) in [5, 5.41) is 11.2. The number of amides is 5. The molecule has 3 aromatic rings. The number of aryl methyl sites for hydroxylation is 1. The van der Waals surface area contributed by atoms with Crippen LogP contribution in [0.1, 0.15) is 77.7 Å². The van der Waals surface area contributed by atoms with Crippen LogP contribution in [0.3, 0.4) is 0 Å². The fourth-order valence-electron chi connectivity index (χ4n) is 5.65. The lowest BCUT2D eigenvalue weighted by molar-refractivity contribution is -0.132. The molecule has 3 atom stereocenters. The Morgan fingerprint density at radius 3 is 2.20 bits per heavy atom. The van der Waals surface area contributed by atoms with Gasteiger partial charge in [-0.05, 0) is 62.3 Å². The van der Waals surface area contributed by atoms with E-state index in [1.807, 2.05) is 44.2 Å². The molecule has 0 spiro atoms. The van der Waals surface area contributed by atoms with Crippen LogP contribution in [0.2, 0.25) is 0 Å². The maximum absolute atomic E-state index is 13.7. The van der Waals surface area contributed by atoms with Crippen molar-refractivity contribution >= 4 is 29.5 Å². The van der Waals surface area contributed by atoms with Crippen LogP contribution in [0.15, 0.2) is 71.5 Å². The average Bonchev–Trinajstić information content (AvgIpc) is 3.06. The summed E-state index contributed by atoms with van der Waals surface area (Å²) in [4.78, 5) is 83.8. The second-order valence-electron chi connectivity index (χ2n) is 13.0. The van der Waals surface area contributed by atoms with E-state index in [9.17, 15) is 28.8 Å². The van der Waals surface area contributed by atoms with Gasteiger partial charge in [0.15, 0.2) is 5.43 Å². The topological polar surface area (TPSA) is 170 Å². The van der Waals surface area contributed by atoms with E-state index in [-0.39, 0.29) is 41.8 Å². The van der Waals surface area contributed by atoms with E-state index in [2.05, 4.69) is 26.3 Å². The summed E-state index contributed by atoms with van der Waals surface area (Å²) in [6.45, 7) is 8.00. The highest BCUT2D eigenvalue weighted by Crippen LogP contribution is 2.14. The molecule has 5 rings (SSSR count). The van der Waals surface area contributed by atoms with E-state index in [0.29, 0.717) is 43.6 Å². The van der Waals surface area contributed by atoms with Crippen molar-refractivity contribution in [1.29, 1.82) is 0 Å². The third kappa shape index (κ3) is 10.9. The lowest BCUT2D eigenvalue weighted by atomic mass is 10.0. The van der Waals surface area contributed by atoms with E-state index in [1.165, 1.54) is 12.1 Å². The zero-order valence-electron chi connectivity index (χ0n) is 28.5. The molecule has 12 heteroatoms. The minimum atomic E-state index is -1.00. The number of benzene rings is 2. The second kappa shape index (κ2) is 17.2. The van der Waals surface area contributed by atoms with Crippen molar-refractivity contribution in [2.45, 2.75) is 78.0 Å². The number of carbonyl (C=O) groups excluding carboxylic acids is 5. The monoisotopic (exact) mass is 670 g/mol. The van der Waals surface area contributed by atoms with Gasteiger partial charge in [-0.15, -0.1) is 0 Å². The highest BCUT2D eigenvalue weighted by atomic mass is 16.2. The van der Waals surface area contributed by atoms with Crippen molar-refractivity contribution in [3.63, 3.8) is 0 Å². The molecule has 5 N–H and O–H groups in total.